The van der Waals surface area contributed by atoms with Crippen LogP contribution in [0.2, 0.25) is 0 Å². The van der Waals surface area contributed by atoms with E-state index in [2.05, 4.69) is 37.5 Å². The standard InChI is InChI=1S/C13H21N/c1-13(2,3)12-9-8-11-7-5-4-6-10-14(11)12/h8-9H,4-7,10H2,1-3H3. The molecule has 0 bridgehead atoms. The molecule has 0 spiro atoms. The molecule has 2 rings (SSSR count). The highest BCUT2D eigenvalue weighted by molar-refractivity contribution is 5.23. The number of nitrogens with zero attached hydrogens (tertiary/aromatic N) is 1. The quantitative estimate of drug-likeness (QED) is 0.591. The molecule has 1 aliphatic heterocycles. The smallest absolute Gasteiger partial charge is 0.0231 e. The topological polar surface area (TPSA) is 4.93 Å². The van der Waals surface area contributed by atoms with Crippen molar-refractivity contribution in [2.45, 2.75) is 58.4 Å². The third-order valence-corrected chi connectivity index (χ3v) is 3.15. The van der Waals surface area contributed by atoms with Gasteiger partial charge in [0.2, 0.25) is 0 Å². The van der Waals surface area contributed by atoms with Crippen molar-refractivity contribution >= 4 is 0 Å². The van der Waals surface area contributed by atoms with Crippen molar-refractivity contribution in [2.24, 2.45) is 0 Å². The van der Waals surface area contributed by atoms with Crippen LogP contribution < -0.4 is 0 Å². The van der Waals surface area contributed by atoms with E-state index in [0.717, 1.165) is 0 Å². The molecule has 0 radical (unpaired) electrons. The van der Waals surface area contributed by atoms with Gasteiger partial charge < -0.3 is 4.57 Å². The van der Waals surface area contributed by atoms with Crippen molar-refractivity contribution in [1.29, 1.82) is 0 Å². The van der Waals surface area contributed by atoms with Gasteiger partial charge in [-0.3, -0.25) is 0 Å². The lowest BCUT2D eigenvalue weighted by atomic mass is 9.92. The Morgan fingerprint density at radius 1 is 1.07 bits per heavy atom. The lowest BCUT2D eigenvalue weighted by Crippen LogP contribution is -2.18. The highest BCUT2D eigenvalue weighted by Crippen LogP contribution is 2.27. The molecule has 0 amide bonds. The molecule has 0 unspecified atom stereocenters. The van der Waals surface area contributed by atoms with Crippen LogP contribution in [0.25, 0.3) is 0 Å². The molecule has 0 saturated heterocycles. The molecule has 2 heterocycles. The number of hydrogen-bond acceptors (Lipinski definition) is 0. The third kappa shape index (κ3) is 1.73. The van der Waals surface area contributed by atoms with E-state index in [1.807, 2.05) is 0 Å². The molecule has 0 atom stereocenters. The lowest BCUT2D eigenvalue weighted by molar-refractivity contribution is 0.506. The molecule has 1 nitrogen and oxygen atoms in total. The summed E-state index contributed by atoms with van der Waals surface area (Å²) >= 11 is 0. The monoisotopic (exact) mass is 191 g/mol. The molecule has 1 aliphatic rings. The van der Waals surface area contributed by atoms with Gasteiger partial charge in [0.05, 0.1) is 0 Å². The van der Waals surface area contributed by atoms with Gasteiger partial charge in [-0.15, -0.1) is 0 Å². The Balaban J connectivity index is 2.39. The minimum Gasteiger partial charge on any atom is -0.348 e. The molecule has 0 saturated carbocycles. The van der Waals surface area contributed by atoms with Gasteiger partial charge in [0, 0.05) is 23.3 Å². The first-order valence-corrected chi connectivity index (χ1v) is 5.78. The maximum atomic E-state index is 2.55. The zero-order valence-corrected chi connectivity index (χ0v) is 9.64. The molecule has 1 heteroatoms. The molecule has 1 aromatic rings. The van der Waals surface area contributed by atoms with Crippen LogP contribution in [0.1, 0.15) is 51.4 Å². The van der Waals surface area contributed by atoms with Gasteiger partial charge in [-0.2, -0.15) is 0 Å². The van der Waals surface area contributed by atoms with Gasteiger partial charge in [0.15, 0.2) is 0 Å². The summed E-state index contributed by atoms with van der Waals surface area (Å²) < 4.78 is 2.55. The minimum absolute atomic E-state index is 0.294. The molecular weight excluding hydrogens is 170 g/mol. The Kier molecular flexibility index (Phi) is 2.42. The van der Waals surface area contributed by atoms with E-state index in [1.54, 1.807) is 5.69 Å². The van der Waals surface area contributed by atoms with E-state index in [1.165, 1.54) is 37.9 Å². The summed E-state index contributed by atoms with van der Waals surface area (Å²) in [5.41, 5.74) is 3.35. The first-order valence-electron chi connectivity index (χ1n) is 5.78. The van der Waals surface area contributed by atoms with E-state index >= 15 is 0 Å². The zero-order chi connectivity index (χ0) is 10.2. The van der Waals surface area contributed by atoms with Crippen molar-refractivity contribution in [3.05, 3.63) is 23.5 Å². The summed E-state index contributed by atoms with van der Waals surface area (Å²) in [7, 11) is 0. The first-order chi connectivity index (χ1) is 6.59. The predicted molar refractivity (Wildman–Crippen MR) is 60.7 cm³/mol. The van der Waals surface area contributed by atoms with E-state index < -0.39 is 0 Å². The van der Waals surface area contributed by atoms with Gasteiger partial charge in [0.1, 0.15) is 0 Å². The number of fused-ring (bicyclic) bond motifs is 1. The molecule has 78 valence electrons. The summed E-state index contributed by atoms with van der Waals surface area (Å²) in [4.78, 5) is 0. The van der Waals surface area contributed by atoms with E-state index in [-0.39, 0.29) is 0 Å². The average molecular weight is 191 g/mol. The van der Waals surface area contributed by atoms with Crippen molar-refractivity contribution in [3.63, 3.8) is 0 Å². The first kappa shape index (κ1) is 9.82. The second-order valence-electron chi connectivity index (χ2n) is 5.42. The number of hydrogen-bond donors (Lipinski definition) is 0. The van der Waals surface area contributed by atoms with Crippen LogP contribution in [0.4, 0.5) is 0 Å². The Morgan fingerprint density at radius 3 is 2.57 bits per heavy atom. The Bertz CT molecular complexity index is 314. The van der Waals surface area contributed by atoms with Crippen LogP contribution in [-0.2, 0) is 18.4 Å². The largest absolute Gasteiger partial charge is 0.348 e. The van der Waals surface area contributed by atoms with E-state index in [9.17, 15) is 0 Å². The lowest BCUT2D eigenvalue weighted by Gasteiger charge is -2.22. The zero-order valence-electron chi connectivity index (χ0n) is 9.64. The summed E-state index contributed by atoms with van der Waals surface area (Å²) in [6, 6.07) is 4.65. The summed E-state index contributed by atoms with van der Waals surface area (Å²) in [5, 5.41) is 0. The van der Waals surface area contributed by atoms with Crippen LogP contribution in [0.3, 0.4) is 0 Å². The van der Waals surface area contributed by atoms with Crippen LogP contribution in [0.5, 0.6) is 0 Å². The average Bonchev–Trinajstić information content (AvgIpc) is 2.36. The molecule has 0 aliphatic carbocycles. The molecule has 14 heavy (non-hydrogen) atoms. The van der Waals surface area contributed by atoms with Gasteiger partial charge in [-0.1, -0.05) is 27.2 Å². The van der Waals surface area contributed by atoms with Gasteiger partial charge >= 0.3 is 0 Å². The fourth-order valence-corrected chi connectivity index (χ4v) is 2.40. The normalized spacial score (nSPS) is 17.6. The van der Waals surface area contributed by atoms with Gasteiger partial charge in [-0.05, 0) is 31.4 Å². The minimum atomic E-state index is 0.294. The van der Waals surface area contributed by atoms with Gasteiger partial charge in [-0.25, -0.2) is 0 Å². The Morgan fingerprint density at radius 2 is 1.86 bits per heavy atom. The Labute approximate surface area is 87.1 Å². The van der Waals surface area contributed by atoms with Crippen LogP contribution in [0.15, 0.2) is 12.1 Å². The summed E-state index contributed by atoms with van der Waals surface area (Å²) in [5.74, 6) is 0. The second kappa shape index (κ2) is 3.45. The highest BCUT2D eigenvalue weighted by atomic mass is 15.0. The van der Waals surface area contributed by atoms with Crippen LogP contribution >= 0.6 is 0 Å². The molecule has 1 aromatic heterocycles. The predicted octanol–water partition coefficient (Wildman–Crippen LogP) is 3.51. The maximum absolute atomic E-state index is 2.55. The fourth-order valence-electron chi connectivity index (χ4n) is 2.40. The molecule has 0 N–H and O–H groups in total. The van der Waals surface area contributed by atoms with E-state index in [0.29, 0.717) is 5.41 Å². The molecular formula is C13H21N. The fraction of sp³-hybridized carbons (Fsp3) is 0.692. The van der Waals surface area contributed by atoms with Crippen LogP contribution in [-0.4, -0.2) is 4.57 Å². The van der Waals surface area contributed by atoms with Crippen LogP contribution in [0, 0.1) is 0 Å². The third-order valence-electron chi connectivity index (χ3n) is 3.15. The van der Waals surface area contributed by atoms with Gasteiger partial charge in [0.25, 0.3) is 0 Å². The Hall–Kier alpha value is -0.720. The summed E-state index contributed by atoms with van der Waals surface area (Å²) in [6.07, 6.45) is 5.39. The van der Waals surface area contributed by atoms with E-state index in [4.69, 9.17) is 0 Å². The van der Waals surface area contributed by atoms with Crippen molar-refractivity contribution in [1.82, 2.24) is 4.57 Å². The SMILES string of the molecule is CC(C)(C)c1ccc2n1CCCCC2. The summed E-state index contributed by atoms with van der Waals surface area (Å²) in [6.45, 7) is 8.15. The number of aromatic nitrogens is 1. The van der Waals surface area contributed by atoms with Crippen molar-refractivity contribution in [3.8, 4) is 0 Å². The second-order valence-corrected chi connectivity index (χ2v) is 5.42. The highest BCUT2D eigenvalue weighted by Gasteiger charge is 2.20. The van der Waals surface area contributed by atoms with Crippen molar-refractivity contribution in [2.75, 3.05) is 0 Å². The van der Waals surface area contributed by atoms with Crippen molar-refractivity contribution < 1.29 is 0 Å². The molecule has 0 aromatic carbocycles. The maximum Gasteiger partial charge on any atom is 0.0231 e. The number of aryl methyl sites for hydroxylation is 1. The number of rotatable bonds is 0. The molecule has 0 fully saturated rings.